The van der Waals surface area contributed by atoms with Crippen molar-refractivity contribution in [2.75, 3.05) is 52.0 Å². The smallest absolute Gasteiger partial charge is 0.350 e. The summed E-state index contributed by atoms with van der Waals surface area (Å²) in [5, 5.41) is 24.9. The van der Waals surface area contributed by atoms with Gasteiger partial charge in [0.05, 0.1) is 61.9 Å². The standard InChI is InChI=1S/C44H46ClN5O13S3/c1-43(2,40(54)55)63-48-35(31-22-64-42(46)47-31)32(51)17-30-38(53)50-23-44(41(56)57,66-39(30)50)65-21-26-20-60-16-15-49(26)37(52)29-13-14-33(61-18-24-5-9-27(58-3)10-6-24)36(34(29)45)62-19-25-7-11-28(59-4)12-8-25/h5-14,22,26,30,39H,15-21,23H2,1-4H3,(H2,46,47)(H,54,55)(H,56,57)/b48-35-/t26-,30-,39?,44-/m1/s1. The number of rotatable bonds is 20. The van der Waals surface area contributed by atoms with Gasteiger partial charge in [-0.05, 0) is 61.4 Å². The van der Waals surface area contributed by atoms with Gasteiger partial charge in [-0.2, -0.15) is 0 Å². The number of hydrogen-bond donors (Lipinski definition) is 3. The van der Waals surface area contributed by atoms with Crippen LogP contribution in [-0.2, 0) is 42.0 Å². The van der Waals surface area contributed by atoms with Crippen molar-refractivity contribution in [2.24, 2.45) is 11.1 Å². The maximum absolute atomic E-state index is 14.5. The number of amides is 2. The minimum absolute atomic E-state index is 0.0269. The number of fused-ring (bicyclic) bond motifs is 1. The van der Waals surface area contributed by atoms with Crippen molar-refractivity contribution >= 4 is 86.8 Å². The number of aromatic nitrogens is 1. The fourth-order valence-corrected chi connectivity index (χ4v) is 11.2. The number of morpholine rings is 1. The number of carboxylic acid groups (broad SMARTS) is 2. The molecule has 0 bridgehead atoms. The maximum Gasteiger partial charge on any atom is 0.350 e. The van der Waals surface area contributed by atoms with Gasteiger partial charge in [0.25, 0.3) is 5.91 Å². The summed E-state index contributed by atoms with van der Waals surface area (Å²) in [7, 11) is 3.15. The Morgan fingerprint density at radius 1 is 1.00 bits per heavy atom. The number of nitrogen functional groups attached to an aromatic ring is 1. The number of ketones is 1. The van der Waals surface area contributed by atoms with Crippen LogP contribution in [0.3, 0.4) is 0 Å². The number of carbonyl (C=O) groups excluding carboxylic acids is 3. The Kier molecular flexibility index (Phi) is 14.9. The van der Waals surface area contributed by atoms with Crippen LogP contribution in [0.1, 0.15) is 47.4 Å². The quantitative estimate of drug-likeness (QED) is 0.0548. The molecule has 350 valence electrons. The molecule has 0 aliphatic carbocycles. The third-order valence-electron chi connectivity index (χ3n) is 11.0. The molecule has 66 heavy (non-hydrogen) atoms. The number of aliphatic carboxylic acids is 2. The van der Waals surface area contributed by atoms with E-state index in [2.05, 4.69) is 10.1 Å². The molecular formula is C44H46ClN5O13S3. The molecule has 3 aliphatic heterocycles. The van der Waals surface area contributed by atoms with Crippen LogP contribution >= 0.6 is 46.5 Å². The molecule has 4 atom stereocenters. The fraction of sp³-hybridized carbons (Fsp3) is 0.386. The number of methoxy groups -OCH3 is 2. The van der Waals surface area contributed by atoms with Gasteiger partial charge in [-0.25, -0.2) is 14.6 Å². The third-order valence-corrected chi connectivity index (χ3v) is 15.5. The van der Waals surface area contributed by atoms with Gasteiger partial charge in [0, 0.05) is 24.1 Å². The van der Waals surface area contributed by atoms with Crippen molar-refractivity contribution in [2.45, 2.75) is 54.6 Å². The van der Waals surface area contributed by atoms with E-state index in [1.807, 2.05) is 36.4 Å². The van der Waals surface area contributed by atoms with E-state index in [-0.39, 0.29) is 84.6 Å². The number of hydrogen-bond acceptors (Lipinski definition) is 17. The van der Waals surface area contributed by atoms with Gasteiger partial charge in [-0.1, -0.05) is 41.0 Å². The molecule has 4 N–H and O–H groups in total. The van der Waals surface area contributed by atoms with Gasteiger partial charge in [-0.3, -0.25) is 14.4 Å². The zero-order chi connectivity index (χ0) is 47.3. The third kappa shape index (κ3) is 10.4. The van der Waals surface area contributed by atoms with E-state index in [9.17, 15) is 34.2 Å². The molecule has 7 rings (SSSR count). The Hall–Kier alpha value is -5.74. The van der Waals surface area contributed by atoms with Crippen LogP contribution in [0.15, 0.2) is 71.2 Å². The van der Waals surface area contributed by atoms with E-state index in [1.54, 1.807) is 43.4 Å². The van der Waals surface area contributed by atoms with Crippen LogP contribution in [0, 0.1) is 5.92 Å². The Morgan fingerprint density at radius 3 is 2.24 bits per heavy atom. The molecule has 4 heterocycles. The van der Waals surface area contributed by atoms with Crippen LogP contribution in [0.2, 0.25) is 5.02 Å². The molecule has 0 saturated carbocycles. The van der Waals surface area contributed by atoms with Gasteiger partial charge in [0.15, 0.2) is 32.2 Å². The first-order valence-electron chi connectivity index (χ1n) is 20.4. The van der Waals surface area contributed by atoms with Crippen molar-refractivity contribution in [1.82, 2.24) is 14.8 Å². The van der Waals surface area contributed by atoms with Crippen LogP contribution in [0.4, 0.5) is 5.13 Å². The molecule has 0 radical (unpaired) electrons. The summed E-state index contributed by atoms with van der Waals surface area (Å²) in [6.45, 7) is 3.12. The number of ether oxygens (including phenoxy) is 5. The van der Waals surface area contributed by atoms with Crippen LogP contribution in [-0.4, -0.2) is 128 Å². The first-order chi connectivity index (χ1) is 31.5. The molecule has 1 unspecified atom stereocenters. The molecule has 2 amide bonds. The summed E-state index contributed by atoms with van der Waals surface area (Å²) in [4.78, 5) is 78.7. The van der Waals surface area contributed by atoms with E-state index < -0.39 is 56.5 Å². The van der Waals surface area contributed by atoms with E-state index in [4.69, 9.17) is 45.9 Å². The Balaban J connectivity index is 1.06. The number of anilines is 1. The maximum atomic E-state index is 14.5. The topological polar surface area (TPSA) is 239 Å². The highest BCUT2D eigenvalue weighted by molar-refractivity contribution is 8.20. The van der Waals surface area contributed by atoms with Crippen LogP contribution in [0.25, 0.3) is 0 Å². The lowest BCUT2D eigenvalue weighted by molar-refractivity contribution is -0.161. The van der Waals surface area contributed by atoms with Gasteiger partial charge >= 0.3 is 11.9 Å². The van der Waals surface area contributed by atoms with Crippen molar-refractivity contribution in [3.8, 4) is 23.0 Å². The summed E-state index contributed by atoms with van der Waals surface area (Å²) in [6, 6.07) is 17.2. The Morgan fingerprint density at radius 2 is 1.65 bits per heavy atom. The number of Topliss-reactive ketones (excluding diaryl/α,β-unsaturated/α-hetero) is 1. The molecule has 4 aromatic rings. The van der Waals surface area contributed by atoms with E-state index in [0.29, 0.717) is 17.2 Å². The van der Waals surface area contributed by atoms with Crippen molar-refractivity contribution in [3.05, 3.63) is 93.5 Å². The molecule has 3 fully saturated rings. The van der Waals surface area contributed by atoms with E-state index in [1.165, 1.54) is 24.1 Å². The second kappa shape index (κ2) is 20.4. The number of nitrogens with zero attached hydrogens (tertiary/aromatic N) is 4. The first-order valence-corrected chi connectivity index (χ1v) is 23.5. The molecule has 18 nitrogen and oxygen atoms in total. The second-order valence-electron chi connectivity index (χ2n) is 15.8. The van der Waals surface area contributed by atoms with Gasteiger partial charge < -0.3 is 54.3 Å². The first kappa shape index (κ1) is 48.2. The number of halogens is 1. The molecule has 3 saturated heterocycles. The highest BCUT2D eigenvalue weighted by Crippen LogP contribution is 2.55. The SMILES string of the molecule is COc1ccc(COc2ccc(C(=O)N3CCOC[C@@H]3CS[C@]3(C(=O)O)CN4C(=O)[C@@H](CC(=O)/C(=N\OC(C)(C)C(=O)O)c5csc(N)n5)C4S3)c(Cl)c2OCc2ccc(OC)cc2)cc1. The number of thioether (sulfide) groups is 2. The summed E-state index contributed by atoms with van der Waals surface area (Å²) in [5.41, 5.74) is 5.53. The van der Waals surface area contributed by atoms with Crippen LogP contribution in [0.5, 0.6) is 23.0 Å². The fourth-order valence-electron chi connectivity index (χ4n) is 7.10. The molecule has 3 aliphatic rings. The highest BCUT2D eigenvalue weighted by atomic mass is 35.5. The molecule has 3 aromatic carbocycles. The summed E-state index contributed by atoms with van der Waals surface area (Å²) in [5.74, 6) is -3.01. The number of thiazole rings is 1. The largest absolute Gasteiger partial charge is 0.497 e. The predicted octanol–water partition coefficient (Wildman–Crippen LogP) is 5.68. The normalized spacial score (nSPS) is 20.5. The number of carbonyl (C=O) groups is 5. The Labute approximate surface area is 396 Å². The lowest BCUT2D eigenvalue weighted by atomic mass is 9.90. The summed E-state index contributed by atoms with van der Waals surface area (Å²) in [6.07, 6.45) is -0.378. The second-order valence-corrected chi connectivity index (χ2v) is 20.0. The molecular weight excluding hydrogens is 938 g/mol. The number of benzene rings is 3. The molecule has 0 spiro atoms. The number of oxime groups is 1. The van der Waals surface area contributed by atoms with Gasteiger partial charge in [0.2, 0.25) is 11.5 Å². The van der Waals surface area contributed by atoms with Crippen LogP contribution < -0.4 is 24.7 Å². The van der Waals surface area contributed by atoms with Crippen molar-refractivity contribution < 1.29 is 62.7 Å². The zero-order valence-electron chi connectivity index (χ0n) is 36.1. The minimum atomic E-state index is -1.79. The lowest BCUT2D eigenvalue weighted by Crippen LogP contribution is -2.57. The lowest BCUT2D eigenvalue weighted by Gasteiger charge is -2.41. The molecule has 22 heteroatoms. The van der Waals surface area contributed by atoms with Crippen molar-refractivity contribution in [3.63, 3.8) is 0 Å². The predicted molar refractivity (Wildman–Crippen MR) is 247 cm³/mol. The average Bonchev–Trinajstić information content (AvgIpc) is 3.91. The van der Waals surface area contributed by atoms with E-state index >= 15 is 0 Å². The van der Waals surface area contributed by atoms with Gasteiger partial charge in [-0.15, -0.1) is 34.9 Å². The van der Waals surface area contributed by atoms with Crippen molar-refractivity contribution in [1.29, 1.82) is 0 Å². The number of carboxylic acids is 2. The monoisotopic (exact) mass is 983 g/mol. The number of β-lactam (4-membered cyclic amide) rings is 1. The highest BCUT2D eigenvalue weighted by Gasteiger charge is 2.62. The average molecular weight is 985 g/mol. The molecule has 1 aromatic heterocycles. The minimum Gasteiger partial charge on any atom is -0.497 e. The Bertz CT molecular complexity index is 2510. The number of nitrogens with two attached hydrogens (primary N) is 1. The zero-order valence-corrected chi connectivity index (χ0v) is 39.3. The van der Waals surface area contributed by atoms with E-state index in [0.717, 1.165) is 46.0 Å². The van der Waals surface area contributed by atoms with Gasteiger partial charge in [0.1, 0.15) is 30.4 Å². The summed E-state index contributed by atoms with van der Waals surface area (Å²) >= 11 is 10.2. The summed E-state index contributed by atoms with van der Waals surface area (Å²) < 4.78 is 27.3.